The molecule has 2 atom stereocenters. The lowest BCUT2D eigenvalue weighted by Crippen LogP contribution is -2.18. The van der Waals surface area contributed by atoms with E-state index in [2.05, 4.69) is 0 Å². The Labute approximate surface area is 89.0 Å². The number of esters is 1. The maximum absolute atomic E-state index is 11.4. The highest BCUT2D eigenvalue weighted by atomic mass is 16.5. The molecule has 80 valence electrons. The van der Waals surface area contributed by atoms with Gasteiger partial charge in [-0.15, -0.1) is 0 Å². The molecule has 1 fully saturated rings. The van der Waals surface area contributed by atoms with E-state index in [0.29, 0.717) is 6.42 Å². The van der Waals surface area contributed by atoms with Crippen LogP contribution >= 0.6 is 0 Å². The Hall–Kier alpha value is -1.35. The third kappa shape index (κ3) is 1.53. The molecule has 1 aliphatic rings. The minimum absolute atomic E-state index is 0.158. The highest BCUT2D eigenvalue weighted by Gasteiger charge is 2.61. The number of carbonyl (C=O) groups excluding carboxylic acids is 1. The molecular weight excluding hydrogens is 192 g/mol. The molecule has 1 aliphatic carbocycles. The number of carbonyl (C=O) groups is 1. The van der Waals surface area contributed by atoms with E-state index in [4.69, 9.17) is 9.47 Å². The number of rotatable bonds is 3. The molecule has 1 aromatic carbocycles. The summed E-state index contributed by atoms with van der Waals surface area (Å²) < 4.78 is 10.2. The van der Waals surface area contributed by atoms with Crippen molar-refractivity contribution < 1.29 is 14.3 Å². The first-order valence-electron chi connectivity index (χ1n) is 4.93. The van der Waals surface area contributed by atoms with Crippen molar-refractivity contribution in [1.82, 2.24) is 0 Å². The molecule has 3 heteroatoms. The van der Waals surface area contributed by atoms with Gasteiger partial charge in [-0.05, 0) is 12.0 Å². The molecule has 3 nitrogen and oxygen atoms in total. The second kappa shape index (κ2) is 3.66. The van der Waals surface area contributed by atoms with E-state index in [1.807, 2.05) is 30.3 Å². The van der Waals surface area contributed by atoms with Crippen LogP contribution in [0.4, 0.5) is 0 Å². The van der Waals surface area contributed by atoms with Gasteiger partial charge in [0.25, 0.3) is 0 Å². The summed E-state index contributed by atoms with van der Waals surface area (Å²) in [5, 5.41) is 0. The van der Waals surface area contributed by atoms with E-state index in [0.717, 1.165) is 5.56 Å². The lowest BCUT2D eigenvalue weighted by Gasteiger charge is -2.15. The minimum Gasteiger partial charge on any atom is -0.469 e. The average Bonchev–Trinajstić information content (AvgIpc) is 3.05. The molecule has 2 rings (SSSR count). The summed E-state index contributed by atoms with van der Waals surface area (Å²) in [6.07, 6.45) is 0.709. The predicted octanol–water partition coefficient (Wildman–Crippen LogP) is 1.72. The van der Waals surface area contributed by atoms with Gasteiger partial charge in [-0.3, -0.25) is 4.79 Å². The van der Waals surface area contributed by atoms with Crippen LogP contribution < -0.4 is 0 Å². The van der Waals surface area contributed by atoms with Crippen LogP contribution in [0.15, 0.2) is 30.3 Å². The number of benzene rings is 1. The molecule has 1 saturated carbocycles. The average molecular weight is 206 g/mol. The summed E-state index contributed by atoms with van der Waals surface area (Å²) in [6.45, 7) is 0. The van der Waals surface area contributed by atoms with Gasteiger partial charge in [-0.1, -0.05) is 30.3 Å². The molecule has 0 aromatic heterocycles. The Morgan fingerprint density at radius 2 is 2.00 bits per heavy atom. The van der Waals surface area contributed by atoms with Crippen LogP contribution in [0.2, 0.25) is 0 Å². The summed E-state index contributed by atoms with van der Waals surface area (Å²) in [6, 6.07) is 9.80. The van der Waals surface area contributed by atoms with Crippen LogP contribution in [0.25, 0.3) is 0 Å². The van der Waals surface area contributed by atoms with Gasteiger partial charge in [0.15, 0.2) is 0 Å². The second-order valence-corrected chi connectivity index (χ2v) is 3.74. The van der Waals surface area contributed by atoms with E-state index in [9.17, 15) is 4.79 Å². The molecule has 15 heavy (non-hydrogen) atoms. The van der Waals surface area contributed by atoms with Crippen molar-refractivity contribution in [2.75, 3.05) is 14.2 Å². The van der Waals surface area contributed by atoms with Gasteiger partial charge in [-0.25, -0.2) is 0 Å². The zero-order chi connectivity index (χ0) is 10.9. The van der Waals surface area contributed by atoms with Crippen molar-refractivity contribution in [2.24, 2.45) is 5.92 Å². The normalized spacial score (nSPS) is 28.5. The van der Waals surface area contributed by atoms with Gasteiger partial charge in [0, 0.05) is 7.11 Å². The Kier molecular flexibility index (Phi) is 2.49. The zero-order valence-electron chi connectivity index (χ0n) is 8.90. The molecule has 0 radical (unpaired) electrons. The molecule has 0 bridgehead atoms. The van der Waals surface area contributed by atoms with Crippen molar-refractivity contribution in [2.45, 2.75) is 12.0 Å². The Morgan fingerprint density at radius 3 is 2.53 bits per heavy atom. The molecule has 0 unspecified atom stereocenters. The van der Waals surface area contributed by atoms with E-state index >= 15 is 0 Å². The van der Waals surface area contributed by atoms with Crippen LogP contribution in [-0.2, 0) is 19.9 Å². The number of hydrogen-bond donors (Lipinski definition) is 0. The van der Waals surface area contributed by atoms with Crippen LogP contribution in [0.1, 0.15) is 12.0 Å². The first-order valence-corrected chi connectivity index (χ1v) is 4.93. The van der Waals surface area contributed by atoms with E-state index in [-0.39, 0.29) is 11.9 Å². The number of methoxy groups -OCH3 is 2. The maximum atomic E-state index is 11.4. The lowest BCUT2D eigenvalue weighted by atomic mass is 10.1. The first kappa shape index (κ1) is 10.2. The molecule has 0 heterocycles. The third-order valence-corrected chi connectivity index (χ3v) is 3.02. The minimum atomic E-state index is -0.450. The fourth-order valence-electron chi connectivity index (χ4n) is 2.04. The largest absolute Gasteiger partial charge is 0.469 e. The van der Waals surface area contributed by atoms with Crippen molar-refractivity contribution in [1.29, 1.82) is 0 Å². The van der Waals surface area contributed by atoms with Crippen LogP contribution in [-0.4, -0.2) is 20.2 Å². The van der Waals surface area contributed by atoms with Gasteiger partial charge < -0.3 is 9.47 Å². The Bertz CT molecular complexity index is 360. The van der Waals surface area contributed by atoms with Gasteiger partial charge in [0.1, 0.15) is 5.60 Å². The summed E-state index contributed by atoms with van der Waals surface area (Å²) >= 11 is 0. The summed E-state index contributed by atoms with van der Waals surface area (Å²) in [7, 11) is 3.04. The SMILES string of the molecule is COC(=O)[C@@H]1C[C@@]1(OC)c1ccccc1. The van der Waals surface area contributed by atoms with Gasteiger partial charge in [-0.2, -0.15) is 0 Å². The zero-order valence-corrected chi connectivity index (χ0v) is 8.90. The molecule has 0 spiro atoms. The van der Waals surface area contributed by atoms with Crippen LogP contribution in [0.3, 0.4) is 0 Å². The van der Waals surface area contributed by atoms with Crippen LogP contribution in [0, 0.1) is 5.92 Å². The lowest BCUT2D eigenvalue weighted by molar-refractivity contribution is -0.144. The standard InChI is InChI=1S/C12H14O3/c1-14-11(13)10-8-12(10,15-2)9-6-4-3-5-7-9/h3-7,10H,8H2,1-2H3/t10-,12+/m0/s1. The fourth-order valence-corrected chi connectivity index (χ4v) is 2.04. The van der Waals surface area contributed by atoms with E-state index in [1.165, 1.54) is 7.11 Å². The maximum Gasteiger partial charge on any atom is 0.312 e. The highest BCUT2D eigenvalue weighted by molar-refractivity contribution is 5.78. The van der Waals surface area contributed by atoms with Crippen molar-refractivity contribution in [3.05, 3.63) is 35.9 Å². The van der Waals surface area contributed by atoms with Gasteiger partial charge >= 0.3 is 5.97 Å². The smallest absolute Gasteiger partial charge is 0.312 e. The molecule has 0 N–H and O–H groups in total. The number of hydrogen-bond acceptors (Lipinski definition) is 3. The van der Waals surface area contributed by atoms with Gasteiger partial charge in [0.05, 0.1) is 13.0 Å². The fraction of sp³-hybridized carbons (Fsp3) is 0.417. The number of ether oxygens (including phenoxy) is 2. The first-order chi connectivity index (χ1) is 7.24. The van der Waals surface area contributed by atoms with E-state index < -0.39 is 5.60 Å². The Balaban J connectivity index is 2.24. The summed E-state index contributed by atoms with van der Waals surface area (Å²) in [5.74, 6) is -0.351. The van der Waals surface area contributed by atoms with Crippen molar-refractivity contribution >= 4 is 5.97 Å². The van der Waals surface area contributed by atoms with Crippen LogP contribution in [0.5, 0.6) is 0 Å². The molecule has 0 saturated heterocycles. The highest BCUT2D eigenvalue weighted by Crippen LogP contribution is 2.55. The topological polar surface area (TPSA) is 35.5 Å². The molecular formula is C12H14O3. The quantitative estimate of drug-likeness (QED) is 0.706. The van der Waals surface area contributed by atoms with Gasteiger partial charge in [0.2, 0.25) is 0 Å². The summed E-state index contributed by atoms with van der Waals surface area (Å²) in [4.78, 5) is 11.4. The second-order valence-electron chi connectivity index (χ2n) is 3.74. The predicted molar refractivity (Wildman–Crippen MR) is 55.3 cm³/mol. The summed E-state index contributed by atoms with van der Waals surface area (Å²) in [5.41, 5.74) is 0.594. The van der Waals surface area contributed by atoms with Crippen molar-refractivity contribution in [3.8, 4) is 0 Å². The molecule has 1 aromatic rings. The van der Waals surface area contributed by atoms with Crippen molar-refractivity contribution in [3.63, 3.8) is 0 Å². The molecule has 0 amide bonds. The monoisotopic (exact) mass is 206 g/mol. The van der Waals surface area contributed by atoms with E-state index in [1.54, 1.807) is 7.11 Å². The molecule has 0 aliphatic heterocycles. The third-order valence-electron chi connectivity index (χ3n) is 3.02. The Morgan fingerprint density at radius 1 is 1.33 bits per heavy atom.